The highest BCUT2D eigenvalue weighted by Crippen LogP contribution is 2.22. The van der Waals surface area contributed by atoms with Crippen LogP contribution in [0.2, 0.25) is 0 Å². The third-order valence-corrected chi connectivity index (χ3v) is 4.52. The molecule has 0 saturated carbocycles. The average molecular weight is 403 g/mol. The van der Waals surface area contributed by atoms with E-state index >= 15 is 0 Å². The molecule has 3 rings (SSSR count). The number of hydrogen-bond donors (Lipinski definition) is 2. The Morgan fingerprint density at radius 1 is 0.933 bits per heavy atom. The highest BCUT2D eigenvalue weighted by molar-refractivity contribution is 6.01. The van der Waals surface area contributed by atoms with Gasteiger partial charge in [-0.05, 0) is 61.4 Å². The molecule has 0 aliphatic carbocycles. The van der Waals surface area contributed by atoms with Gasteiger partial charge in [0.1, 0.15) is 17.5 Å². The van der Waals surface area contributed by atoms with Gasteiger partial charge >= 0.3 is 0 Å². The number of hydrogen-bond acceptors (Lipinski definition) is 4. The minimum atomic E-state index is -0.661. The summed E-state index contributed by atoms with van der Waals surface area (Å²) in [5.41, 5.74) is 2.14. The number of aromatic nitrogens is 1. The van der Waals surface area contributed by atoms with Crippen LogP contribution in [0.25, 0.3) is 0 Å². The van der Waals surface area contributed by atoms with Gasteiger partial charge in [-0.2, -0.15) is 0 Å². The van der Waals surface area contributed by atoms with Gasteiger partial charge < -0.3 is 15.4 Å². The number of rotatable bonds is 7. The Morgan fingerprint density at radius 2 is 1.60 bits per heavy atom. The molecule has 2 aromatic carbocycles. The lowest BCUT2D eigenvalue weighted by Gasteiger charge is -2.22. The lowest BCUT2D eigenvalue weighted by atomic mass is 10.0. The van der Waals surface area contributed by atoms with Gasteiger partial charge in [-0.1, -0.05) is 31.5 Å². The minimum Gasteiger partial charge on any atom is -0.457 e. The zero-order valence-corrected chi connectivity index (χ0v) is 17.3. The van der Waals surface area contributed by atoms with Crippen LogP contribution in [-0.4, -0.2) is 22.8 Å². The van der Waals surface area contributed by atoms with Crippen LogP contribution in [-0.2, 0) is 4.79 Å². The summed E-state index contributed by atoms with van der Waals surface area (Å²) in [6.07, 6.45) is 3.31. The predicted molar refractivity (Wildman–Crippen MR) is 117 cm³/mol. The van der Waals surface area contributed by atoms with Crippen molar-refractivity contribution < 1.29 is 14.3 Å². The number of pyridine rings is 1. The van der Waals surface area contributed by atoms with Crippen LogP contribution in [0.4, 0.5) is 5.69 Å². The van der Waals surface area contributed by atoms with Crippen LogP contribution in [0.3, 0.4) is 0 Å². The summed E-state index contributed by atoms with van der Waals surface area (Å²) in [6, 6.07) is 17.2. The second-order valence-electron chi connectivity index (χ2n) is 7.36. The number of carbonyl (C=O) groups excluding carboxylic acids is 2. The number of benzene rings is 2. The van der Waals surface area contributed by atoms with Crippen LogP contribution in [0, 0.1) is 12.8 Å². The minimum absolute atomic E-state index is 0.0759. The average Bonchev–Trinajstić information content (AvgIpc) is 2.73. The van der Waals surface area contributed by atoms with Crippen molar-refractivity contribution in [1.29, 1.82) is 0 Å². The molecule has 1 heterocycles. The van der Waals surface area contributed by atoms with Gasteiger partial charge in [0.25, 0.3) is 5.91 Å². The summed E-state index contributed by atoms with van der Waals surface area (Å²) in [4.78, 5) is 29.3. The Hall–Kier alpha value is -3.67. The highest BCUT2D eigenvalue weighted by Gasteiger charge is 2.24. The fraction of sp³-hybridized carbons (Fsp3) is 0.208. The first-order chi connectivity index (χ1) is 14.4. The Kier molecular flexibility index (Phi) is 6.80. The van der Waals surface area contributed by atoms with E-state index in [1.165, 1.54) is 0 Å². The molecule has 0 bridgehead atoms. The largest absolute Gasteiger partial charge is 0.457 e. The molecule has 154 valence electrons. The molecule has 6 heteroatoms. The molecule has 0 fully saturated rings. The van der Waals surface area contributed by atoms with E-state index in [2.05, 4.69) is 15.6 Å². The molecular formula is C24H25N3O3. The summed E-state index contributed by atoms with van der Waals surface area (Å²) in [5.74, 6) is 0.711. The number of amides is 2. The number of anilines is 1. The number of nitrogens with zero attached hydrogens (tertiary/aromatic N) is 1. The molecule has 1 unspecified atom stereocenters. The molecule has 0 aliphatic rings. The van der Waals surface area contributed by atoms with Gasteiger partial charge in [-0.25, -0.2) is 0 Å². The smallest absolute Gasteiger partial charge is 0.251 e. The highest BCUT2D eigenvalue weighted by atomic mass is 16.5. The van der Waals surface area contributed by atoms with Crippen molar-refractivity contribution >= 4 is 17.5 Å². The second kappa shape index (κ2) is 9.69. The van der Waals surface area contributed by atoms with E-state index in [1.807, 2.05) is 32.9 Å². The van der Waals surface area contributed by atoms with E-state index in [9.17, 15) is 9.59 Å². The summed E-state index contributed by atoms with van der Waals surface area (Å²) in [6.45, 7) is 5.71. The van der Waals surface area contributed by atoms with Crippen molar-refractivity contribution in [2.24, 2.45) is 5.92 Å². The van der Waals surface area contributed by atoms with Crippen LogP contribution in [0.5, 0.6) is 11.5 Å². The molecule has 0 aliphatic heterocycles. The molecule has 1 atom stereocenters. The molecule has 3 aromatic rings. The monoisotopic (exact) mass is 403 g/mol. The van der Waals surface area contributed by atoms with Crippen LogP contribution >= 0.6 is 0 Å². The molecule has 0 radical (unpaired) electrons. The summed E-state index contributed by atoms with van der Waals surface area (Å²) < 4.78 is 5.73. The van der Waals surface area contributed by atoms with Crippen molar-refractivity contribution in [3.8, 4) is 11.5 Å². The second-order valence-corrected chi connectivity index (χ2v) is 7.36. The zero-order valence-electron chi connectivity index (χ0n) is 17.3. The maximum absolute atomic E-state index is 12.8. The van der Waals surface area contributed by atoms with Gasteiger partial charge in [0.15, 0.2) is 0 Å². The van der Waals surface area contributed by atoms with Gasteiger partial charge in [0, 0.05) is 23.6 Å². The van der Waals surface area contributed by atoms with Gasteiger partial charge in [-0.15, -0.1) is 0 Å². The summed E-state index contributed by atoms with van der Waals surface area (Å²) >= 11 is 0. The molecular weight excluding hydrogens is 378 g/mol. The fourth-order valence-electron chi connectivity index (χ4n) is 2.91. The molecule has 2 amide bonds. The molecule has 2 N–H and O–H groups in total. The van der Waals surface area contributed by atoms with E-state index in [-0.39, 0.29) is 17.7 Å². The van der Waals surface area contributed by atoms with Crippen LogP contribution in [0.15, 0.2) is 73.1 Å². The fourth-order valence-corrected chi connectivity index (χ4v) is 2.91. The number of aryl methyl sites for hydroxylation is 1. The molecule has 30 heavy (non-hydrogen) atoms. The number of nitrogens with one attached hydrogen (secondary N) is 2. The molecule has 0 saturated heterocycles. The number of carbonyl (C=O) groups is 2. The van der Waals surface area contributed by atoms with E-state index in [0.29, 0.717) is 22.7 Å². The van der Waals surface area contributed by atoms with E-state index in [1.54, 1.807) is 60.9 Å². The first-order valence-corrected chi connectivity index (χ1v) is 9.79. The third-order valence-electron chi connectivity index (χ3n) is 4.52. The number of ether oxygens (including phenoxy) is 1. The normalized spacial score (nSPS) is 11.6. The quantitative estimate of drug-likeness (QED) is 0.605. The van der Waals surface area contributed by atoms with Gasteiger partial charge in [0.2, 0.25) is 5.91 Å². The Labute approximate surface area is 176 Å². The maximum Gasteiger partial charge on any atom is 0.251 e. The van der Waals surface area contributed by atoms with Crippen molar-refractivity contribution in [2.45, 2.75) is 26.8 Å². The van der Waals surface area contributed by atoms with Crippen molar-refractivity contribution in [1.82, 2.24) is 10.3 Å². The molecule has 1 aromatic heterocycles. The Morgan fingerprint density at radius 3 is 2.23 bits per heavy atom. The van der Waals surface area contributed by atoms with Crippen molar-refractivity contribution in [3.05, 3.63) is 84.2 Å². The summed E-state index contributed by atoms with van der Waals surface area (Å²) in [5, 5.41) is 5.71. The van der Waals surface area contributed by atoms with Crippen LogP contribution in [0.1, 0.15) is 29.8 Å². The first kappa shape index (κ1) is 21.0. The van der Waals surface area contributed by atoms with Gasteiger partial charge in [-0.3, -0.25) is 14.6 Å². The molecule has 0 spiro atoms. The topological polar surface area (TPSA) is 80.3 Å². The standard InChI is InChI=1S/C24H25N3O3/c1-16(2)22(27-23(28)18-6-4-5-17(3)15-18)24(29)26-19-7-9-20(10-8-19)30-21-11-13-25-14-12-21/h4-16,22H,1-3H3,(H,26,29)(H,27,28). The Bertz CT molecular complexity index is 1000. The predicted octanol–water partition coefficient (Wildman–Crippen LogP) is 4.58. The lowest BCUT2D eigenvalue weighted by molar-refractivity contribution is -0.118. The SMILES string of the molecule is Cc1cccc(C(=O)NC(C(=O)Nc2ccc(Oc3ccncc3)cc2)C(C)C)c1. The van der Waals surface area contributed by atoms with E-state index in [0.717, 1.165) is 5.56 Å². The molecule has 6 nitrogen and oxygen atoms in total. The summed E-state index contributed by atoms with van der Waals surface area (Å²) in [7, 11) is 0. The lowest BCUT2D eigenvalue weighted by Crippen LogP contribution is -2.47. The maximum atomic E-state index is 12.8. The zero-order chi connectivity index (χ0) is 21.5. The van der Waals surface area contributed by atoms with E-state index in [4.69, 9.17) is 4.74 Å². The van der Waals surface area contributed by atoms with Gasteiger partial charge in [0.05, 0.1) is 0 Å². The first-order valence-electron chi connectivity index (χ1n) is 9.79. The van der Waals surface area contributed by atoms with E-state index < -0.39 is 6.04 Å². The van der Waals surface area contributed by atoms with Crippen LogP contribution < -0.4 is 15.4 Å². The van der Waals surface area contributed by atoms with Crippen molar-refractivity contribution in [3.63, 3.8) is 0 Å². The Balaban J connectivity index is 1.64. The third kappa shape index (κ3) is 5.67. The van der Waals surface area contributed by atoms with Crippen molar-refractivity contribution in [2.75, 3.05) is 5.32 Å².